The highest BCUT2D eigenvalue weighted by Gasteiger charge is 2.18. The highest BCUT2D eigenvalue weighted by Crippen LogP contribution is 2.40. The van der Waals surface area contributed by atoms with Gasteiger partial charge in [-0.2, -0.15) is 9.50 Å². The summed E-state index contributed by atoms with van der Waals surface area (Å²) in [6, 6.07) is 8.91. The SMILES string of the molecule is COc1ccc(/C=c2\sc3nc(-c4cc(OC)c(OC)c(OC)c4)nn3c2=O)cc1OC. The van der Waals surface area contributed by atoms with Crippen molar-refractivity contribution in [1.29, 1.82) is 0 Å². The van der Waals surface area contributed by atoms with Gasteiger partial charge in [0.05, 0.1) is 40.1 Å². The third-order valence-corrected chi connectivity index (χ3v) is 5.77. The van der Waals surface area contributed by atoms with Crippen molar-refractivity contribution in [2.45, 2.75) is 0 Å². The first-order chi connectivity index (χ1) is 15.5. The fourth-order valence-electron chi connectivity index (χ4n) is 3.26. The second-order valence-electron chi connectivity index (χ2n) is 6.57. The fourth-order valence-corrected chi connectivity index (χ4v) is 4.17. The van der Waals surface area contributed by atoms with Crippen LogP contribution in [0.25, 0.3) is 22.4 Å². The van der Waals surface area contributed by atoms with Crippen molar-refractivity contribution in [3.8, 4) is 40.1 Å². The van der Waals surface area contributed by atoms with Crippen LogP contribution in [-0.2, 0) is 0 Å². The monoisotopic (exact) mass is 455 g/mol. The molecule has 166 valence electrons. The van der Waals surface area contributed by atoms with E-state index in [2.05, 4.69) is 10.1 Å². The minimum atomic E-state index is -0.258. The highest BCUT2D eigenvalue weighted by atomic mass is 32.1. The lowest BCUT2D eigenvalue weighted by atomic mass is 10.1. The van der Waals surface area contributed by atoms with Crippen LogP contribution in [0.4, 0.5) is 0 Å². The minimum Gasteiger partial charge on any atom is -0.493 e. The van der Waals surface area contributed by atoms with E-state index in [0.717, 1.165) is 5.56 Å². The van der Waals surface area contributed by atoms with Gasteiger partial charge >= 0.3 is 0 Å². The maximum absolute atomic E-state index is 12.9. The molecule has 9 nitrogen and oxygen atoms in total. The lowest BCUT2D eigenvalue weighted by molar-refractivity contribution is 0.324. The van der Waals surface area contributed by atoms with Gasteiger partial charge in [-0.15, -0.1) is 5.10 Å². The van der Waals surface area contributed by atoms with Gasteiger partial charge < -0.3 is 23.7 Å². The van der Waals surface area contributed by atoms with Crippen LogP contribution in [-0.4, -0.2) is 50.1 Å². The smallest absolute Gasteiger partial charge is 0.291 e. The summed E-state index contributed by atoms with van der Waals surface area (Å²) in [7, 11) is 7.74. The molecule has 0 fully saturated rings. The number of rotatable bonds is 7. The van der Waals surface area contributed by atoms with Gasteiger partial charge in [0, 0.05) is 5.56 Å². The number of thiazole rings is 1. The Labute approximate surface area is 187 Å². The number of fused-ring (bicyclic) bond motifs is 1. The maximum atomic E-state index is 12.9. The molecule has 2 aromatic carbocycles. The second-order valence-corrected chi connectivity index (χ2v) is 7.58. The zero-order valence-corrected chi connectivity index (χ0v) is 19.0. The molecule has 0 spiro atoms. The van der Waals surface area contributed by atoms with Crippen molar-refractivity contribution in [2.75, 3.05) is 35.5 Å². The molecular weight excluding hydrogens is 434 g/mol. The summed E-state index contributed by atoms with van der Waals surface area (Å²) >= 11 is 1.25. The average Bonchev–Trinajstić information content (AvgIpc) is 3.37. The lowest BCUT2D eigenvalue weighted by Gasteiger charge is -2.12. The van der Waals surface area contributed by atoms with E-state index in [1.54, 1.807) is 44.6 Å². The van der Waals surface area contributed by atoms with Gasteiger partial charge in [0.25, 0.3) is 5.56 Å². The predicted molar refractivity (Wildman–Crippen MR) is 121 cm³/mol. The summed E-state index contributed by atoms with van der Waals surface area (Å²) in [6.45, 7) is 0. The summed E-state index contributed by atoms with van der Waals surface area (Å²) in [6.07, 6.45) is 1.77. The molecule has 32 heavy (non-hydrogen) atoms. The van der Waals surface area contributed by atoms with Gasteiger partial charge in [0.15, 0.2) is 28.8 Å². The van der Waals surface area contributed by atoms with Crippen LogP contribution in [0.1, 0.15) is 5.56 Å². The molecule has 0 saturated carbocycles. The standard InChI is InChI=1S/C22H21N3O6S/c1-27-14-7-6-12(8-15(14)28-2)9-18-21(26)25-22(32-18)23-20(24-25)13-10-16(29-3)19(31-5)17(11-13)30-4/h6-11H,1-5H3/b18-9-. The quantitative estimate of drug-likeness (QED) is 0.420. The fraction of sp³-hybridized carbons (Fsp3) is 0.227. The number of methoxy groups -OCH3 is 5. The molecule has 4 aromatic rings. The van der Waals surface area contributed by atoms with Crippen LogP contribution in [0.15, 0.2) is 35.1 Å². The molecule has 0 radical (unpaired) electrons. The third kappa shape index (κ3) is 3.69. The van der Waals surface area contributed by atoms with Crippen molar-refractivity contribution in [3.05, 3.63) is 50.8 Å². The zero-order valence-electron chi connectivity index (χ0n) is 18.2. The molecule has 0 N–H and O–H groups in total. The van der Waals surface area contributed by atoms with Crippen LogP contribution in [0.5, 0.6) is 28.7 Å². The molecular formula is C22H21N3O6S. The van der Waals surface area contributed by atoms with Crippen LogP contribution in [0.2, 0.25) is 0 Å². The number of ether oxygens (including phenoxy) is 5. The molecule has 10 heteroatoms. The number of benzene rings is 2. The summed E-state index contributed by atoms with van der Waals surface area (Å²) in [5.74, 6) is 3.00. The molecule has 2 aromatic heterocycles. The lowest BCUT2D eigenvalue weighted by Crippen LogP contribution is -2.23. The van der Waals surface area contributed by atoms with Crippen molar-refractivity contribution >= 4 is 22.4 Å². The summed E-state index contributed by atoms with van der Waals surface area (Å²) in [4.78, 5) is 17.9. The van der Waals surface area contributed by atoms with Gasteiger partial charge in [-0.05, 0) is 35.9 Å². The Morgan fingerprint density at radius 3 is 2.06 bits per heavy atom. The van der Waals surface area contributed by atoms with E-state index in [-0.39, 0.29) is 5.56 Å². The van der Waals surface area contributed by atoms with Crippen molar-refractivity contribution in [1.82, 2.24) is 14.6 Å². The van der Waals surface area contributed by atoms with Gasteiger partial charge in [-0.1, -0.05) is 17.4 Å². The predicted octanol–water partition coefficient (Wildman–Crippen LogP) is 2.41. The molecule has 0 saturated heterocycles. The first kappa shape index (κ1) is 21.4. The molecule has 2 heterocycles. The van der Waals surface area contributed by atoms with Gasteiger partial charge in [0.2, 0.25) is 10.7 Å². The van der Waals surface area contributed by atoms with Crippen molar-refractivity contribution in [2.24, 2.45) is 0 Å². The second kappa shape index (κ2) is 8.75. The molecule has 4 rings (SSSR count). The number of nitrogens with zero attached hydrogens (tertiary/aromatic N) is 3. The highest BCUT2D eigenvalue weighted by molar-refractivity contribution is 7.15. The van der Waals surface area contributed by atoms with Crippen LogP contribution in [0.3, 0.4) is 0 Å². The van der Waals surface area contributed by atoms with Crippen LogP contribution in [0, 0.1) is 0 Å². The topological polar surface area (TPSA) is 93.4 Å². The van der Waals surface area contributed by atoms with E-state index in [1.807, 2.05) is 6.07 Å². The Balaban J connectivity index is 1.78. The largest absolute Gasteiger partial charge is 0.493 e. The molecule has 0 amide bonds. The van der Waals surface area contributed by atoms with Gasteiger partial charge in [0.1, 0.15) is 0 Å². The molecule has 0 aliphatic heterocycles. The Morgan fingerprint density at radius 2 is 1.50 bits per heavy atom. The minimum absolute atomic E-state index is 0.258. The van der Waals surface area contributed by atoms with Gasteiger partial charge in [-0.3, -0.25) is 4.79 Å². The van der Waals surface area contributed by atoms with E-state index >= 15 is 0 Å². The molecule has 0 unspecified atom stereocenters. The summed E-state index contributed by atoms with van der Waals surface area (Å²) < 4.78 is 28.5. The van der Waals surface area contributed by atoms with E-state index < -0.39 is 0 Å². The van der Waals surface area contributed by atoms with Crippen molar-refractivity contribution < 1.29 is 23.7 Å². The summed E-state index contributed by atoms with van der Waals surface area (Å²) in [5, 5.41) is 4.40. The number of hydrogen-bond donors (Lipinski definition) is 0. The maximum Gasteiger partial charge on any atom is 0.291 e. The van der Waals surface area contributed by atoms with Gasteiger partial charge in [-0.25, -0.2) is 0 Å². The van der Waals surface area contributed by atoms with E-state index in [4.69, 9.17) is 23.7 Å². The Hall–Kier alpha value is -3.79. The van der Waals surface area contributed by atoms with Crippen LogP contribution >= 0.6 is 11.3 Å². The number of aromatic nitrogens is 3. The van der Waals surface area contributed by atoms with Crippen molar-refractivity contribution in [3.63, 3.8) is 0 Å². The average molecular weight is 455 g/mol. The zero-order chi connectivity index (χ0) is 22.8. The first-order valence-corrected chi connectivity index (χ1v) is 10.3. The number of hydrogen-bond acceptors (Lipinski definition) is 9. The molecule has 0 atom stereocenters. The van der Waals surface area contributed by atoms with E-state index in [1.165, 1.54) is 37.2 Å². The third-order valence-electron chi connectivity index (χ3n) is 4.81. The normalized spacial score (nSPS) is 11.6. The van der Waals surface area contributed by atoms with Crippen LogP contribution < -0.4 is 33.8 Å². The molecule has 0 aliphatic rings. The Kier molecular flexibility index (Phi) is 5.87. The Morgan fingerprint density at radius 1 is 0.844 bits per heavy atom. The summed E-state index contributed by atoms with van der Waals surface area (Å²) in [5.41, 5.74) is 1.18. The molecule has 0 aliphatic carbocycles. The van der Waals surface area contributed by atoms with E-state index in [0.29, 0.717) is 49.6 Å². The Bertz CT molecular complexity index is 1370. The first-order valence-electron chi connectivity index (χ1n) is 9.46. The molecule has 0 bridgehead atoms. The van der Waals surface area contributed by atoms with E-state index in [9.17, 15) is 4.79 Å².